The van der Waals surface area contributed by atoms with E-state index < -0.39 is 14.8 Å². The van der Waals surface area contributed by atoms with Gasteiger partial charge >= 0.3 is 14.8 Å². The molecule has 0 aliphatic rings. The van der Waals surface area contributed by atoms with Gasteiger partial charge in [-0.3, -0.25) is 0 Å². The standard InChI is InChI=1S/C9H22O3SSi.C4H10N2O/c1-4-10-14(11-5-2,12-6-3)9-7-8-13;1-2-3-6-4(5)7/h13H,4-9H2,1-3H3;2-3H2,1H3,(H3,5,6,7). The van der Waals surface area contributed by atoms with Crippen LogP contribution in [0.4, 0.5) is 4.79 Å². The fourth-order valence-electron chi connectivity index (χ4n) is 1.55. The van der Waals surface area contributed by atoms with E-state index in [1.807, 2.05) is 27.7 Å². The summed E-state index contributed by atoms with van der Waals surface area (Å²) in [5.74, 6) is 0.849. The van der Waals surface area contributed by atoms with Crippen LogP contribution in [0.3, 0.4) is 0 Å². The highest BCUT2D eigenvalue weighted by molar-refractivity contribution is 7.80. The molecule has 0 saturated carbocycles. The van der Waals surface area contributed by atoms with Crippen molar-refractivity contribution in [3.63, 3.8) is 0 Å². The predicted molar refractivity (Wildman–Crippen MR) is 91.8 cm³/mol. The number of amides is 2. The zero-order chi connectivity index (χ0) is 16.6. The quantitative estimate of drug-likeness (QED) is 0.398. The maximum absolute atomic E-state index is 9.87. The van der Waals surface area contributed by atoms with Crippen molar-refractivity contribution in [1.29, 1.82) is 0 Å². The fraction of sp³-hybridized carbons (Fsp3) is 0.923. The molecule has 8 heteroatoms. The lowest BCUT2D eigenvalue weighted by molar-refractivity contribution is 0.0712. The van der Waals surface area contributed by atoms with E-state index >= 15 is 0 Å². The summed E-state index contributed by atoms with van der Waals surface area (Å²) in [5, 5.41) is 2.43. The van der Waals surface area contributed by atoms with E-state index in [4.69, 9.17) is 19.0 Å². The van der Waals surface area contributed by atoms with Crippen molar-refractivity contribution >= 4 is 27.5 Å². The predicted octanol–water partition coefficient (Wildman–Crippen LogP) is 2.42. The van der Waals surface area contributed by atoms with E-state index in [-0.39, 0.29) is 0 Å². The van der Waals surface area contributed by atoms with Gasteiger partial charge in [0.1, 0.15) is 0 Å². The van der Waals surface area contributed by atoms with Crippen LogP contribution >= 0.6 is 12.6 Å². The Morgan fingerprint density at radius 2 is 1.57 bits per heavy atom. The minimum absolute atomic E-state index is 0.443. The monoisotopic (exact) mass is 340 g/mol. The molecule has 0 aliphatic carbocycles. The lowest BCUT2D eigenvalue weighted by Crippen LogP contribution is -2.46. The van der Waals surface area contributed by atoms with Crippen molar-refractivity contribution < 1.29 is 18.1 Å². The number of carbonyl (C=O) groups excluding carboxylic acids is 1. The normalized spacial score (nSPS) is 10.7. The molecular weight excluding hydrogens is 308 g/mol. The van der Waals surface area contributed by atoms with Crippen molar-refractivity contribution in [2.75, 3.05) is 32.1 Å². The number of thiol groups is 1. The van der Waals surface area contributed by atoms with Gasteiger partial charge in [-0.2, -0.15) is 12.6 Å². The zero-order valence-electron chi connectivity index (χ0n) is 13.8. The van der Waals surface area contributed by atoms with Crippen molar-refractivity contribution in [3.05, 3.63) is 0 Å². The van der Waals surface area contributed by atoms with Gasteiger partial charge in [-0.05, 0) is 39.4 Å². The highest BCUT2D eigenvalue weighted by Gasteiger charge is 2.39. The Bertz CT molecular complexity index is 231. The second-order valence-electron chi connectivity index (χ2n) is 4.10. The van der Waals surface area contributed by atoms with Crippen LogP contribution < -0.4 is 11.1 Å². The zero-order valence-corrected chi connectivity index (χ0v) is 15.7. The highest BCUT2D eigenvalue weighted by Crippen LogP contribution is 2.18. The molecule has 128 valence electrons. The Hall–Kier alpha value is -0.283. The van der Waals surface area contributed by atoms with E-state index in [9.17, 15) is 4.79 Å². The molecule has 0 saturated heterocycles. The van der Waals surface area contributed by atoms with Crippen LogP contribution in [-0.2, 0) is 13.3 Å². The van der Waals surface area contributed by atoms with Gasteiger partial charge in [0, 0.05) is 32.4 Å². The van der Waals surface area contributed by atoms with Gasteiger partial charge in [-0.15, -0.1) is 0 Å². The summed E-state index contributed by atoms with van der Waals surface area (Å²) in [4.78, 5) is 9.87. The van der Waals surface area contributed by atoms with Crippen molar-refractivity contribution in [2.24, 2.45) is 5.73 Å². The lowest BCUT2D eigenvalue weighted by atomic mass is 10.5. The van der Waals surface area contributed by atoms with E-state index in [0.717, 1.165) is 24.6 Å². The van der Waals surface area contributed by atoms with Crippen LogP contribution in [0.15, 0.2) is 0 Å². The lowest BCUT2D eigenvalue weighted by Gasteiger charge is -2.28. The molecule has 0 heterocycles. The van der Waals surface area contributed by atoms with Crippen molar-refractivity contribution in [1.82, 2.24) is 5.32 Å². The van der Waals surface area contributed by atoms with E-state index in [1.165, 1.54) is 0 Å². The molecule has 0 rings (SSSR count). The Labute approximate surface area is 135 Å². The Kier molecular flexibility index (Phi) is 17.6. The maximum Gasteiger partial charge on any atom is 0.500 e. The summed E-state index contributed by atoms with van der Waals surface area (Å²) in [5.41, 5.74) is 4.73. The molecule has 3 N–H and O–H groups in total. The first-order chi connectivity index (χ1) is 10.0. The summed E-state index contributed by atoms with van der Waals surface area (Å²) in [6.45, 7) is 10.5. The smallest absolute Gasteiger partial charge is 0.374 e. The van der Waals surface area contributed by atoms with Crippen molar-refractivity contribution in [2.45, 2.75) is 46.6 Å². The van der Waals surface area contributed by atoms with Gasteiger partial charge in [0.2, 0.25) is 0 Å². The third-order valence-electron chi connectivity index (χ3n) is 2.28. The molecule has 0 fully saturated rings. The van der Waals surface area contributed by atoms with Crippen LogP contribution in [0.5, 0.6) is 0 Å². The number of hydrogen-bond donors (Lipinski definition) is 3. The minimum Gasteiger partial charge on any atom is -0.374 e. The van der Waals surface area contributed by atoms with Gasteiger partial charge in [0.15, 0.2) is 0 Å². The number of nitrogens with one attached hydrogen (secondary N) is 1. The van der Waals surface area contributed by atoms with Crippen molar-refractivity contribution in [3.8, 4) is 0 Å². The first-order valence-corrected chi connectivity index (χ1v) is 10.1. The molecule has 0 aromatic carbocycles. The first kappa shape index (κ1) is 23.0. The van der Waals surface area contributed by atoms with E-state index in [1.54, 1.807) is 0 Å². The molecule has 0 bridgehead atoms. The van der Waals surface area contributed by atoms with Crippen LogP contribution in [0.2, 0.25) is 6.04 Å². The van der Waals surface area contributed by atoms with E-state index in [2.05, 4.69) is 17.9 Å². The third kappa shape index (κ3) is 14.4. The number of nitrogens with two attached hydrogens (primary N) is 1. The topological polar surface area (TPSA) is 82.8 Å². The fourth-order valence-corrected chi connectivity index (χ4v) is 4.61. The average Bonchev–Trinajstić information content (AvgIpc) is 2.44. The molecule has 21 heavy (non-hydrogen) atoms. The van der Waals surface area contributed by atoms with Gasteiger partial charge in [-0.25, -0.2) is 4.79 Å². The Morgan fingerprint density at radius 1 is 1.10 bits per heavy atom. The summed E-state index contributed by atoms with van der Waals surface area (Å²) in [6, 6.07) is 0.424. The van der Waals surface area contributed by atoms with Crippen LogP contribution in [0.1, 0.15) is 40.5 Å². The molecule has 0 aromatic heterocycles. The first-order valence-electron chi connectivity index (χ1n) is 7.57. The number of carbonyl (C=O) groups is 1. The largest absolute Gasteiger partial charge is 0.500 e. The van der Waals surface area contributed by atoms with Crippen LogP contribution in [0, 0.1) is 0 Å². The molecule has 2 amide bonds. The van der Waals surface area contributed by atoms with Gasteiger partial charge in [0.25, 0.3) is 0 Å². The number of hydrogen-bond acceptors (Lipinski definition) is 5. The third-order valence-corrected chi connectivity index (χ3v) is 5.75. The minimum atomic E-state index is -2.37. The molecule has 6 nitrogen and oxygen atoms in total. The Morgan fingerprint density at radius 3 is 1.81 bits per heavy atom. The van der Waals surface area contributed by atoms with Gasteiger partial charge < -0.3 is 24.3 Å². The summed E-state index contributed by atoms with van der Waals surface area (Å²) >= 11 is 4.19. The average molecular weight is 341 g/mol. The number of primary amides is 1. The summed E-state index contributed by atoms with van der Waals surface area (Å²) in [6.07, 6.45) is 1.91. The summed E-state index contributed by atoms with van der Waals surface area (Å²) < 4.78 is 17.0. The number of rotatable bonds is 11. The Balaban J connectivity index is 0. The van der Waals surface area contributed by atoms with E-state index in [0.29, 0.717) is 26.4 Å². The van der Waals surface area contributed by atoms with Crippen LogP contribution in [0.25, 0.3) is 0 Å². The highest BCUT2D eigenvalue weighted by atomic mass is 32.1. The van der Waals surface area contributed by atoms with Gasteiger partial charge in [-0.1, -0.05) is 6.92 Å². The molecule has 0 spiro atoms. The molecule has 0 unspecified atom stereocenters. The maximum atomic E-state index is 9.87. The molecular formula is C13H32N2O4SSi. The molecule has 0 radical (unpaired) electrons. The number of urea groups is 1. The molecule has 0 aromatic rings. The summed E-state index contributed by atoms with van der Waals surface area (Å²) in [7, 11) is -2.37. The molecule has 0 aliphatic heterocycles. The SMILES string of the molecule is CCCNC(N)=O.CCO[Si](CCCS)(OCC)OCC. The second-order valence-corrected chi connectivity index (χ2v) is 7.28. The van der Waals surface area contributed by atoms with Gasteiger partial charge in [0.05, 0.1) is 0 Å². The van der Waals surface area contributed by atoms with Crippen LogP contribution in [-0.4, -0.2) is 47.0 Å². The second kappa shape index (κ2) is 16.1. The molecule has 0 atom stereocenters.